The second-order valence-corrected chi connectivity index (χ2v) is 8.65. The van der Waals surface area contributed by atoms with Crippen LogP contribution >= 0.6 is 0 Å². The molecule has 3 rings (SSSR count). The Morgan fingerprint density at radius 1 is 1.29 bits per heavy atom. The first-order valence-electron chi connectivity index (χ1n) is 7.83. The molecule has 1 N–H and O–H groups in total. The molecule has 1 unspecified atom stereocenters. The lowest BCUT2D eigenvalue weighted by molar-refractivity contribution is -0.127. The van der Waals surface area contributed by atoms with Crippen LogP contribution in [0.4, 0.5) is 4.39 Å². The molecule has 8 heteroatoms. The molecule has 130 valence electrons. The van der Waals surface area contributed by atoms with Crippen molar-refractivity contribution in [1.82, 2.24) is 9.62 Å². The van der Waals surface area contributed by atoms with E-state index in [0.717, 1.165) is 0 Å². The molecular weight excluding hydrogens is 335 g/mol. The molecule has 0 spiro atoms. The van der Waals surface area contributed by atoms with E-state index in [-0.39, 0.29) is 18.7 Å². The predicted molar refractivity (Wildman–Crippen MR) is 85.1 cm³/mol. The number of hydrogen-bond acceptors (Lipinski definition) is 4. The van der Waals surface area contributed by atoms with Gasteiger partial charge in [-0.1, -0.05) is 12.1 Å². The monoisotopic (exact) mass is 354 g/mol. The van der Waals surface area contributed by atoms with Gasteiger partial charge in [-0.2, -0.15) is 0 Å². The molecule has 0 radical (unpaired) electrons. The van der Waals surface area contributed by atoms with Crippen LogP contribution in [-0.2, 0) is 14.8 Å². The molecule has 1 heterocycles. The van der Waals surface area contributed by atoms with Crippen LogP contribution in [0.1, 0.15) is 36.5 Å². The molecule has 0 bridgehead atoms. The van der Waals surface area contributed by atoms with Crippen LogP contribution in [0.5, 0.6) is 0 Å². The van der Waals surface area contributed by atoms with Gasteiger partial charge in [0.25, 0.3) is 5.91 Å². The van der Waals surface area contributed by atoms with Gasteiger partial charge in [-0.3, -0.25) is 14.3 Å². The third kappa shape index (κ3) is 3.15. The summed E-state index contributed by atoms with van der Waals surface area (Å²) in [6.45, 7) is 1.96. The summed E-state index contributed by atoms with van der Waals surface area (Å²) in [5.41, 5.74) is -1.05. The number of benzene rings is 1. The first kappa shape index (κ1) is 16.9. The summed E-state index contributed by atoms with van der Waals surface area (Å²) in [6.07, 6.45) is 1.47. The van der Waals surface area contributed by atoms with Crippen molar-refractivity contribution in [3.05, 3.63) is 35.6 Å². The topological polar surface area (TPSA) is 83.6 Å². The Hall–Kier alpha value is -1.96. The molecule has 24 heavy (non-hydrogen) atoms. The van der Waals surface area contributed by atoms with Crippen molar-refractivity contribution in [2.45, 2.75) is 31.4 Å². The number of likely N-dealkylation sites (tertiary alicyclic amines) is 1. The van der Waals surface area contributed by atoms with E-state index in [1.165, 1.54) is 23.1 Å². The average molecular weight is 354 g/mol. The van der Waals surface area contributed by atoms with Crippen LogP contribution < -0.4 is 4.72 Å². The standard InChI is InChI=1S/C16H19FN2O4S/c1-16(15(21)18-24(22,23)11-6-7-11)8-9-19(10-16)14(20)12-4-2-3-5-13(12)17/h2-5,11H,6-10H2,1H3,(H,18,21). The van der Waals surface area contributed by atoms with E-state index in [1.54, 1.807) is 13.0 Å². The molecule has 1 atom stereocenters. The number of sulfonamides is 1. The maximum atomic E-state index is 13.8. The third-order valence-corrected chi connectivity index (χ3v) is 6.43. The van der Waals surface area contributed by atoms with Crippen molar-refractivity contribution in [2.24, 2.45) is 5.41 Å². The summed E-state index contributed by atoms with van der Waals surface area (Å²) >= 11 is 0. The largest absolute Gasteiger partial charge is 0.337 e. The zero-order valence-electron chi connectivity index (χ0n) is 13.3. The van der Waals surface area contributed by atoms with E-state index in [9.17, 15) is 22.4 Å². The highest BCUT2D eigenvalue weighted by molar-refractivity contribution is 7.90. The fraction of sp³-hybridized carbons (Fsp3) is 0.500. The first-order chi connectivity index (χ1) is 11.2. The predicted octanol–water partition coefficient (Wildman–Crippen LogP) is 1.29. The highest BCUT2D eigenvalue weighted by Crippen LogP contribution is 2.33. The SMILES string of the molecule is CC1(C(=O)NS(=O)(=O)C2CC2)CCN(C(=O)c2ccccc2F)C1. The fourth-order valence-corrected chi connectivity index (χ4v) is 4.27. The summed E-state index contributed by atoms with van der Waals surface area (Å²) < 4.78 is 39.7. The van der Waals surface area contributed by atoms with E-state index < -0.39 is 38.3 Å². The number of rotatable bonds is 4. The summed E-state index contributed by atoms with van der Waals surface area (Å²) in [7, 11) is -3.62. The minimum Gasteiger partial charge on any atom is -0.337 e. The Morgan fingerprint density at radius 3 is 2.58 bits per heavy atom. The Kier molecular flexibility index (Phi) is 4.11. The number of halogens is 1. The maximum Gasteiger partial charge on any atom is 0.256 e. The van der Waals surface area contributed by atoms with Gasteiger partial charge >= 0.3 is 0 Å². The lowest BCUT2D eigenvalue weighted by Crippen LogP contribution is -2.45. The Bertz CT molecular complexity index is 791. The summed E-state index contributed by atoms with van der Waals surface area (Å²) in [4.78, 5) is 26.2. The van der Waals surface area contributed by atoms with Crippen LogP contribution in [-0.4, -0.2) is 43.5 Å². The third-order valence-electron chi connectivity index (χ3n) is 4.61. The van der Waals surface area contributed by atoms with Crippen LogP contribution in [0.15, 0.2) is 24.3 Å². The number of hydrogen-bond donors (Lipinski definition) is 1. The number of nitrogens with one attached hydrogen (secondary N) is 1. The Morgan fingerprint density at radius 2 is 1.96 bits per heavy atom. The minimum atomic E-state index is -3.62. The van der Waals surface area contributed by atoms with Crippen molar-refractivity contribution in [3.63, 3.8) is 0 Å². The zero-order chi connectivity index (χ0) is 17.5. The quantitative estimate of drug-likeness (QED) is 0.883. The van der Waals surface area contributed by atoms with E-state index in [4.69, 9.17) is 0 Å². The molecule has 0 aromatic heterocycles. The van der Waals surface area contributed by atoms with Gasteiger partial charge in [-0.05, 0) is 38.3 Å². The average Bonchev–Trinajstić information content (AvgIpc) is 3.31. The van der Waals surface area contributed by atoms with E-state index >= 15 is 0 Å². The number of amides is 2. The second-order valence-electron chi connectivity index (χ2n) is 6.69. The highest BCUT2D eigenvalue weighted by Gasteiger charge is 2.46. The molecule has 2 fully saturated rings. The van der Waals surface area contributed by atoms with Gasteiger partial charge in [0.15, 0.2) is 0 Å². The van der Waals surface area contributed by atoms with Gasteiger partial charge in [0.05, 0.1) is 16.2 Å². The van der Waals surface area contributed by atoms with E-state index in [2.05, 4.69) is 4.72 Å². The lowest BCUT2D eigenvalue weighted by Gasteiger charge is -2.23. The normalized spacial score (nSPS) is 24.0. The van der Waals surface area contributed by atoms with Gasteiger partial charge in [0.2, 0.25) is 15.9 Å². The van der Waals surface area contributed by atoms with Crippen molar-refractivity contribution < 1.29 is 22.4 Å². The van der Waals surface area contributed by atoms with Crippen LogP contribution in [0.25, 0.3) is 0 Å². The molecular formula is C16H19FN2O4S. The van der Waals surface area contributed by atoms with Crippen LogP contribution in [0.2, 0.25) is 0 Å². The van der Waals surface area contributed by atoms with Gasteiger partial charge in [0.1, 0.15) is 5.82 Å². The van der Waals surface area contributed by atoms with Crippen molar-refractivity contribution >= 4 is 21.8 Å². The molecule has 1 aromatic rings. The lowest BCUT2D eigenvalue weighted by atomic mass is 9.89. The van der Waals surface area contributed by atoms with Gasteiger partial charge in [0, 0.05) is 13.1 Å². The van der Waals surface area contributed by atoms with Gasteiger partial charge in [-0.15, -0.1) is 0 Å². The van der Waals surface area contributed by atoms with Gasteiger partial charge in [-0.25, -0.2) is 12.8 Å². The molecule has 1 saturated carbocycles. The molecule has 1 aromatic carbocycles. The van der Waals surface area contributed by atoms with Gasteiger partial charge < -0.3 is 4.90 Å². The molecule has 1 aliphatic carbocycles. The molecule has 1 aliphatic heterocycles. The number of carbonyl (C=O) groups is 2. The smallest absolute Gasteiger partial charge is 0.256 e. The highest BCUT2D eigenvalue weighted by atomic mass is 32.2. The summed E-state index contributed by atoms with van der Waals surface area (Å²) in [6, 6.07) is 5.67. The fourth-order valence-electron chi connectivity index (χ4n) is 2.84. The second kappa shape index (κ2) is 5.84. The van der Waals surface area contributed by atoms with Crippen LogP contribution in [0.3, 0.4) is 0 Å². The molecule has 1 saturated heterocycles. The minimum absolute atomic E-state index is 0.0484. The van der Waals surface area contributed by atoms with Crippen molar-refractivity contribution in [3.8, 4) is 0 Å². The molecule has 2 aliphatic rings. The maximum absolute atomic E-state index is 13.8. The Labute approximate surface area is 140 Å². The van der Waals surface area contributed by atoms with Crippen molar-refractivity contribution in [2.75, 3.05) is 13.1 Å². The summed E-state index contributed by atoms with van der Waals surface area (Å²) in [5.74, 6) is -1.70. The number of carbonyl (C=O) groups excluding carboxylic acids is 2. The van der Waals surface area contributed by atoms with Crippen LogP contribution in [0, 0.1) is 11.2 Å². The van der Waals surface area contributed by atoms with E-state index in [1.807, 2.05) is 0 Å². The molecule has 6 nitrogen and oxygen atoms in total. The zero-order valence-corrected chi connectivity index (χ0v) is 14.1. The van der Waals surface area contributed by atoms with E-state index in [0.29, 0.717) is 19.3 Å². The number of nitrogens with zero attached hydrogens (tertiary/aromatic N) is 1. The first-order valence-corrected chi connectivity index (χ1v) is 9.37. The molecule has 2 amide bonds. The Balaban J connectivity index is 1.70. The summed E-state index contributed by atoms with van der Waals surface area (Å²) in [5, 5.41) is -0.484. The van der Waals surface area contributed by atoms with Crippen molar-refractivity contribution in [1.29, 1.82) is 0 Å².